The Morgan fingerprint density at radius 3 is 1.35 bits per heavy atom. The van der Waals surface area contributed by atoms with Crippen LogP contribution in [0.5, 0.6) is 0 Å². The molecule has 0 spiro atoms. The van der Waals surface area contributed by atoms with Gasteiger partial charge in [0.15, 0.2) is 0 Å². The number of rotatable bonds is 4. The van der Waals surface area contributed by atoms with Gasteiger partial charge in [-0.3, -0.25) is 0 Å². The molecule has 20 heavy (non-hydrogen) atoms. The lowest BCUT2D eigenvalue weighted by Crippen LogP contribution is -1.90. The normalized spacial score (nSPS) is 11.6. The van der Waals surface area contributed by atoms with Crippen molar-refractivity contribution in [2.45, 2.75) is 0 Å². The van der Waals surface area contributed by atoms with E-state index in [1.54, 1.807) is 12.4 Å². The molecule has 0 saturated carbocycles. The first-order valence-electron chi connectivity index (χ1n) is 5.78. The highest BCUT2D eigenvalue weighted by molar-refractivity contribution is 5.83. The van der Waals surface area contributed by atoms with E-state index in [4.69, 9.17) is 0 Å². The average molecular weight is 266 g/mol. The SMILES string of the molecule is C(=N\n1cnnc1)/c1ccc(/C=N/n2cnnc2)cc1. The first kappa shape index (κ1) is 11.9. The topological polar surface area (TPSA) is 86.1 Å². The third kappa shape index (κ3) is 2.99. The minimum absolute atomic E-state index is 0.972. The molecule has 0 N–H and O–H groups in total. The molecule has 0 unspecified atom stereocenters. The van der Waals surface area contributed by atoms with E-state index in [1.165, 1.54) is 34.7 Å². The number of hydrogen-bond donors (Lipinski definition) is 0. The second-order valence-electron chi connectivity index (χ2n) is 3.84. The smallest absolute Gasteiger partial charge is 0.141 e. The van der Waals surface area contributed by atoms with Gasteiger partial charge in [-0.25, -0.2) is 9.35 Å². The van der Waals surface area contributed by atoms with Crippen molar-refractivity contribution in [1.82, 2.24) is 29.7 Å². The van der Waals surface area contributed by atoms with Crippen molar-refractivity contribution in [3.63, 3.8) is 0 Å². The zero-order valence-corrected chi connectivity index (χ0v) is 10.4. The third-order valence-corrected chi connectivity index (χ3v) is 2.43. The molecular formula is C12H10N8. The summed E-state index contributed by atoms with van der Waals surface area (Å²) in [6.45, 7) is 0. The average Bonchev–Trinajstić information content (AvgIpc) is 3.17. The zero-order valence-electron chi connectivity index (χ0n) is 10.4. The lowest BCUT2D eigenvalue weighted by molar-refractivity contribution is 0.878. The Morgan fingerprint density at radius 1 is 0.650 bits per heavy atom. The van der Waals surface area contributed by atoms with Crippen LogP contribution in [-0.4, -0.2) is 42.2 Å². The van der Waals surface area contributed by atoms with Gasteiger partial charge in [0.1, 0.15) is 25.3 Å². The molecule has 3 rings (SSSR count). The fourth-order valence-corrected chi connectivity index (χ4v) is 1.44. The van der Waals surface area contributed by atoms with Gasteiger partial charge < -0.3 is 0 Å². The summed E-state index contributed by atoms with van der Waals surface area (Å²) >= 11 is 0. The van der Waals surface area contributed by atoms with E-state index in [2.05, 4.69) is 30.6 Å². The van der Waals surface area contributed by atoms with Crippen LogP contribution in [0.25, 0.3) is 0 Å². The first-order valence-corrected chi connectivity index (χ1v) is 5.78. The third-order valence-electron chi connectivity index (χ3n) is 2.43. The largest absolute Gasteiger partial charge is 0.208 e. The summed E-state index contributed by atoms with van der Waals surface area (Å²) in [6, 6.07) is 7.78. The van der Waals surface area contributed by atoms with Crippen molar-refractivity contribution in [3.8, 4) is 0 Å². The van der Waals surface area contributed by atoms with Crippen LogP contribution >= 0.6 is 0 Å². The molecule has 1 aromatic carbocycles. The number of nitrogens with zero attached hydrogens (tertiary/aromatic N) is 8. The molecule has 0 radical (unpaired) electrons. The summed E-state index contributed by atoms with van der Waals surface area (Å²) in [4.78, 5) is 0. The Bertz CT molecular complexity index is 631. The predicted octanol–water partition coefficient (Wildman–Crippen LogP) is 0.634. The van der Waals surface area contributed by atoms with Gasteiger partial charge in [-0.15, -0.1) is 20.4 Å². The van der Waals surface area contributed by atoms with Crippen LogP contribution in [0, 0.1) is 0 Å². The Labute approximate surface area is 114 Å². The van der Waals surface area contributed by atoms with Crippen molar-refractivity contribution in [2.24, 2.45) is 10.2 Å². The van der Waals surface area contributed by atoms with E-state index in [1.807, 2.05) is 24.3 Å². The highest BCUT2D eigenvalue weighted by atomic mass is 15.4. The minimum Gasteiger partial charge on any atom is -0.208 e. The Hall–Kier alpha value is -3.16. The van der Waals surface area contributed by atoms with Crippen molar-refractivity contribution in [1.29, 1.82) is 0 Å². The molecular weight excluding hydrogens is 256 g/mol. The Balaban J connectivity index is 1.68. The van der Waals surface area contributed by atoms with Crippen LogP contribution in [0.3, 0.4) is 0 Å². The van der Waals surface area contributed by atoms with E-state index in [0.717, 1.165) is 11.1 Å². The second kappa shape index (κ2) is 5.65. The molecule has 2 heterocycles. The number of aromatic nitrogens is 6. The molecule has 0 bridgehead atoms. The maximum absolute atomic E-state index is 4.17. The summed E-state index contributed by atoms with van der Waals surface area (Å²) in [7, 11) is 0. The summed E-state index contributed by atoms with van der Waals surface area (Å²) in [6.07, 6.45) is 9.55. The molecule has 0 saturated heterocycles. The van der Waals surface area contributed by atoms with Crippen molar-refractivity contribution >= 4 is 12.4 Å². The summed E-state index contributed by atoms with van der Waals surface area (Å²) in [5.41, 5.74) is 1.94. The number of benzene rings is 1. The van der Waals surface area contributed by atoms with Crippen LogP contribution in [0.4, 0.5) is 0 Å². The summed E-state index contributed by atoms with van der Waals surface area (Å²) < 4.78 is 3.06. The van der Waals surface area contributed by atoms with Gasteiger partial charge in [-0.1, -0.05) is 24.3 Å². The van der Waals surface area contributed by atoms with Crippen molar-refractivity contribution in [3.05, 3.63) is 60.7 Å². The molecule has 0 amide bonds. The summed E-state index contributed by atoms with van der Waals surface area (Å²) in [5.74, 6) is 0. The molecule has 0 aliphatic heterocycles. The van der Waals surface area contributed by atoms with Gasteiger partial charge in [0, 0.05) is 0 Å². The van der Waals surface area contributed by atoms with Crippen LogP contribution in [0.2, 0.25) is 0 Å². The maximum atomic E-state index is 4.17. The molecule has 8 heteroatoms. The highest BCUT2D eigenvalue weighted by Crippen LogP contribution is 2.00. The van der Waals surface area contributed by atoms with Gasteiger partial charge in [0.2, 0.25) is 0 Å². The summed E-state index contributed by atoms with van der Waals surface area (Å²) in [5, 5.41) is 23.0. The predicted molar refractivity (Wildman–Crippen MR) is 72.5 cm³/mol. The molecule has 0 aliphatic carbocycles. The lowest BCUT2D eigenvalue weighted by Gasteiger charge is -1.95. The van der Waals surface area contributed by atoms with E-state index < -0.39 is 0 Å². The zero-order chi connectivity index (χ0) is 13.6. The van der Waals surface area contributed by atoms with E-state index in [0.29, 0.717) is 0 Å². The molecule has 8 nitrogen and oxygen atoms in total. The number of hydrogen-bond acceptors (Lipinski definition) is 6. The van der Waals surface area contributed by atoms with Gasteiger partial charge in [0.25, 0.3) is 0 Å². The molecule has 98 valence electrons. The molecule has 0 fully saturated rings. The standard InChI is InChI=1S/C12H10N8/c1-2-12(6-18-20-9-15-16-10-20)4-3-11(1)5-17-19-7-13-14-8-19/h1-10H/b17-5+,18-6+. The quantitative estimate of drug-likeness (QED) is 0.648. The van der Waals surface area contributed by atoms with Gasteiger partial charge >= 0.3 is 0 Å². The fraction of sp³-hybridized carbons (Fsp3) is 0. The lowest BCUT2D eigenvalue weighted by atomic mass is 10.2. The van der Waals surface area contributed by atoms with Crippen molar-refractivity contribution < 1.29 is 0 Å². The van der Waals surface area contributed by atoms with E-state index >= 15 is 0 Å². The molecule has 2 aromatic heterocycles. The Kier molecular flexibility index (Phi) is 3.36. The monoisotopic (exact) mass is 266 g/mol. The van der Waals surface area contributed by atoms with Crippen LogP contribution in [0.1, 0.15) is 11.1 Å². The van der Waals surface area contributed by atoms with E-state index in [-0.39, 0.29) is 0 Å². The van der Waals surface area contributed by atoms with Gasteiger partial charge in [-0.2, -0.15) is 10.2 Å². The first-order chi connectivity index (χ1) is 9.90. The van der Waals surface area contributed by atoms with Crippen LogP contribution in [-0.2, 0) is 0 Å². The minimum atomic E-state index is 0.972. The van der Waals surface area contributed by atoms with Crippen LogP contribution in [0.15, 0.2) is 59.8 Å². The molecule has 0 aliphatic rings. The Morgan fingerprint density at radius 2 is 1.00 bits per heavy atom. The second-order valence-corrected chi connectivity index (χ2v) is 3.84. The maximum Gasteiger partial charge on any atom is 0.141 e. The molecule has 0 atom stereocenters. The van der Waals surface area contributed by atoms with E-state index in [9.17, 15) is 0 Å². The van der Waals surface area contributed by atoms with Gasteiger partial charge in [0.05, 0.1) is 12.4 Å². The van der Waals surface area contributed by atoms with Crippen LogP contribution < -0.4 is 0 Å². The van der Waals surface area contributed by atoms with Crippen molar-refractivity contribution in [2.75, 3.05) is 0 Å². The fourth-order valence-electron chi connectivity index (χ4n) is 1.44. The highest BCUT2D eigenvalue weighted by Gasteiger charge is 1.91. The molecule has 3 aromatic rings. The van der Waals surface area contributed by atoms with Gasteiger partial charge in [-0.05, 0) is 11.1 Å².